The van der Waals surface area contributed by atoms with E-state index in [-0.39, 0.29) is 43.3 Å². The molecular weight excluding hydrogens is 725 g/mol. The smallest absolute Gasteiger partial charge is 0.423 e. The van der Waals surface area contributed by atoms with Gasteiger partial charge in [0.1, 0.15) is 11.1 Å². The van der Waals surface area contributed by atoms with Crippen molar-refractivity contribution in [2.75, 3.05) is 13.2 Å². The number of ether oxygens (including phenoxy) is 4. The fourth-order valence-corrected chi connectivity index (χ4v) is 6.04. The van der Waals surface area contributed by atoms with Crippen LogP contribution >= 0.6 is 69.6 Å². The molecule has 2 rings (SSSR count). The molecule has 2 unspecified atom stereocenters. The van der Waals surface area contributed by atoms with E-state index in [1.54, 1.807) is 0 Å². The van der Waals surface area contributed by atoms with Gasteiger partial charge in [-0.15, -0.1) is 0 Å². The van der Waals surface area contributed by atoms with E-state index >= 15 is 0 Å². The summed E-state index contributed by atoms with van der Waals surface area (Å²) in [4.78, 5) is 51.8. The first kappa shape index (κ1) is 40.2. The van der Waals surface area contributed by atoms with Crippen LogP contribution in [0.15, 0.2) is 12.1 Å². The molecule has 0 spiro atoms. The summed E-state index contributed by atoms with van der Waals surface area (Å²) in [7, 11) is 0. The molecule has 0 N–H and O–H groups in total. The second-order valence-electron chi connectivity index (χ2n) is 10.8. The van der Waals surface area contributed by atoms with Crippen molar-refractivity contribution in [1.82, 2.24) is 0 Å². The summed E-state index contributed by atoms with van der Waals surface area (Å²) < 4.78 is 21.0. The lowest BCUT2D eigenvalue weighted by Crippen LogP contribution is -2.27. The Hall–Kier alpha value is -1.94. The molecule has 0 aromatic heterocycles. The minimum Gasteiger partial charge on any atom is -0.462 e. The average molecular weight is 761 g/mol. The van der Waals surface area contributed by atoms with Crippen LogP contribution in [0.4, 0.5) is 0 Å². The summed E-state index contributed by atoms with van der Waals surface area (Å²) in [6.07, 6.45) is 6.95. The van der Waals surface area contributed by atoms with Gasteiger partial charge in [-0.2, -0.15) is 0 Å². The molecule has 14 heteroatoms. The van der Waals surface area contributed by atoms with E-state index in [0.717, 1.165) is 50.7 Å². The van der Waals surface area contributed by atoms with Gasteiger partial charge in [-0.1, -0.05) is 123 Å². The van der Waals surface area contributed by atoms with E-state index in [1.165, 1.54) is 0 Å². The molecule has 0 radical (unpaired) electrons. The predicted octanol–water partition coefficient (Wildman–Crippen LogP) is 10.9. The van der Waals surface area contributed by atoms with Gasteiger partial charge in [0.25, 0.3) is 0 Å². The summed E-state index contributed by atoms with van der Waals surface area (Å²) >= 11 is 37.2. The minimum atomic E-state index is -1.64. The van der Waals surface area contributed by atoms with Gasteiger partial charge in [-0.25, -0.2) is 19.2 Å². The summed E-state index contributed by atoms with van der Waals surface area (Å²) in [5, 5.41) is -1.50. The van der Waals surface area contributed by atoms with Crippen molar-refractivity contribution in [1.29, 1.82) is 0 Å². The Morgan fingerprint density at radius 2 is 0.935 bits per heavy atom. The number of carbonyl (C=O) groups is 4. The summed E-state index contributed by atoms with van der Waals surface area (Å²) in [5.41, 5.74) is -0.931. The molecule has 2 aromatic rings. The number of hydrogen-bond acceptors (Lipinski definition) is 8. The fraction of sp³-hybridized carbons (Fsp3) is 0.500. The van der Waals surface area contributed by atoms with Crippen molar-refractivity contribution in [3.05, 3.63) is 53.4 Å². The zero-order valence-electron chi connectivity index (χ0n) is 25.9. The molecule has 0 fully saturated rings. The number of hydrogen-bond donors (Lipinski definition) is 0. The lowest BCUT2D eigenvalue weighted by Gasteiger charge is -2.16. The van der Waals surface area contributed by atoms with E-state index in [1.807, 2.05) is 0 Å². The van der Waals surface area contributed by atoms with Gasteiger partial charge in [-0.3, -0.25) is 0 Å². The first-order valence-corrected chi connectivity index (χ1v) is 17.1. The highest BCUT2D eigenvalue weighted by atomic mass is 35.5. The van der Waals surface area contributed by atoms with Crippen molar-refractivity contribution in [3.63, 3.8) is 0 Å². The molecule has 0 bridgehead atoms. The van der Waals surface area contributed by atoms with Gasteiger partial charge in [0, 0.05) is 0 Å². The highest BCUT2D eigenvalue weighted by molar-refractivity contribution is 6.47. The number of carbonyl (C=O) groups excluding carboxylic acids is 4. The maximum absolute atomic E-state index is 13.0. The molecule has 0 aliphatic rings. The third-order valence-corrected chi connectivity index (χ3v) is 9.07. The summed E-state index contributed by atoms with van der Waals surface area (Å²) in [5.74, 6) is -5.52. The molecule has 2 atom stereocenters. The van der Waals surface area contributed by atoms with Gasteiger partial charge in [0.05, 0.1) is 43.3 Å². The van der Waals surface area contributed by atoms with Crippen LogP contribution in [0.2, 0.25) is 30.1 Å². The lowest BCUT2D eigenvalue weighted by atomic mass is 10.0. The molecule has 8 nitrogen and oxygen atoms in total. The molecule has 46 heavy (non-hydrogen) atoms. The van der Waals surface area contributed by atoms with Crippen LogP contribution in [0.5, 0.6) is 11.5 Å². The molecule has 0 aliphatic heterocycles. The molecule has 0 saturated heterocycles. The maximum atomic E-state index is 13.0. The van der Waals surface area contributed by atoms with Gasteiger partial charge in [-0.05, 0) is 49.7 Å². The highest BCUT2D eigenvalue weighted by Crippen LogP contribution is 2.41. The van der Waals surface area contributed by atoms with Crippen molar-refractivity contribution in [2.24, 2.45) is 11.8 Å². The topological polar surface area (TPSA) is 105 Å². The summed E-state index contributed by atoms with van der Waals surface area (Å²) in [6.45, 7) is 8.48. The molecular formula is C32H36Cl6O8. The van der Waals surface area contributed by atoms with Crippen molar-refractivity contribution >= 4 is 93.5 Å². The Morgan fingerprint density at radius 1 is 0.587 bits per heavy atom. The van der Waals surface area contributed by atoms with Crippen LogP contribution in [0.25, 0.3) is 0 Å². The lowest BCUT2D eigenvalue weighted by molar-refractivity contribution is -0.156. The Bertz CT molecular complexity index is 1310. The zero-order chi connectivity index (χ0) is 34.6. The van der Waals surface area contributed by atoms with Crippen molar-refractivity contribution in [2.45, 2.75) is 79.1 Å². The van der Waals surface area contributed by atoms with Crippen LogP contribution < -0.4 is 9.47 Å². The van der Waals surface area contributed by atoms with E-state index in [0.29, 0.717) is 24.7 Å². The fourth-order valence-electron chi connectivity index (χ4n) is 4.60. The largest absolute Gasteiger partial charge is 0.462 e. The number of halogens is 6. The Balaban J connectivity index is 2.25. The number of rotatable bonds is 16. The quantitative estimate of drug-likeness (QED) is 0.0547. The van der Waals surface area contributed by atoms with Crippen LogP contribution in [0.1, 0.15) is 99.8 Å². The predicted molar refractivity (Wildman–Crippen MR) is 181 cm³/mol. The molecule has 0 amide bonds. The van der Waals surface area contributed by atoms with E-state index in [4.69, 9.17) is 88.6 Å². The van der Waals surface area contributed by atoms with Crippen LogP contribution in [0, 0.1) is 11.8 Å². The SMILES string of the molecule is CCCC(C)CCCOC(=O)c1c(Cl)c(Cl)cc(Cl)c1OC(=O)C(=O)Oc1c(Cl)cc(Cl)c(Cl)c1C(=O)OCCCC(C)CCC. The van der Waals surface area contributed by atoms with Crippen molar-refractivity contribution in [3.8, 4) is 11.5 Å². The second kappa shape index (κ2) is 19.8. The van der Waals surface area contributed by atoms with Crippen LogP contribution in [-0.4, -0.2) is 37.1 Å². The van der Waals surface area contributed by atoms with E-state index in [2.05, 4.69) is 27.7 Å². The molecule has 254 valence electrons. The standard InChI is InChI=1S/C32H36Cl6O8/c1-5-9-17(3)11-7-13-43-29(39)23-25(37)19(33)15-21(35)27(23)45-31(41)32(42)46-28-22(36)16-20(34)26(38)24(28)30(40)44-14-8-12-18(4)10-6-2/h15-18H,5-14H2,1-4H3. The first-order chi connectivity index (χ1) is 21.7. The zero-order valence-corrected chi connectivity index (χ0v) is 30.4. The molecule has 0 aliphatic carbocycles. The van der Waals surface area contributed by atoms with E-state index in [9.17, 15) is 19.2 Å². The normalized spacial score (nSPS) is 12.3. The van der Waals surface area contributed by atoms with Gasteiger partial charge >= 0.3 is 23.9 Å². The third kappa shape index (κ3) is 11.6. The third-order valence-electron chi connectivity index (χ3n) is 6.93. The van der Waals surface area contributed by atoms with Crippen LogP contribution in [-0.2, 0) is 19.1 Å². The van der Waals surface area contributed by atoms with Gasteiger partial charge in [0.2, 0.25) is 0 Å². The monoisotopic (exact) mass is 758 g/mol. The number of esters is 4. The highest BCUT2D eigenvalue weighted by Gasteiger charge is 2.32. The first-order valence-electron chi connectivity index (χ1n) is 14.9. The Labute approximate surface area is 299 Å². The Kier molecular flexibility index (Phi) is 17.3. The van der Waals surface area contributed by atoms with Crippen molar-refractivity contribution < 1.29 is 38.1 Å². The summed E-state index contributed by atoms with van der Waals surface area (Å²) in [6, 6.07) is 2.24. The number of benzene rings is 2. The second-order valence-corrected chi connectivity index (χ2v) is 13.2. The molecule has 0 heterocycles. The maximum Gasteiger partial charge on any atom is 0.423 e. The van der Waals surface area contributed by atoms with Gasteiger partial charge in [0.15, 0.2) is 11.5 Å². The molecule has 0 saturated carbocycles. The van der Waals surface area contributed by atoms with E-state index < -0.39 is 46.5 Å². The minimum absolute atomic E-state index is 0.0508. The average Bonchev–Trinajstić information content (AvgIpc) is 2.99. The van der Waals surface area contributed by atoms with Crippen LogP contribution in [0.3, 0.4) is 0 Å². The Morgan fingerprint density at radius 3 is 1.26 bits per heavy atom. The molecule has 2 aromatic carbocycles. The van der Waals surface area contributed by atoms with Gasteiger partial charge < -0.3 is 18.9 Å².